The van der Waals surface area contributed by atoms with Crippen molar-refractivity contribution in [3.63, 3.8) is 0 Å². The van der Waals surface area contributed by atoms with Crippen LogP contribution in [-0.2, 0) is 11.2 Å². The Morgan fingerprint density at radius 3 is 2.85 bits per heavy atom. The highest BCUT2D eigenvalue weighted by Crippen LogP contribution is 2.40. The van der Waals surface area contributed by atoms with Crippen molar-refractivity contribution in [3.8, 4) is 0 Å². The maximum Gasteiger partial charge on any atom is 0.289 e. The fourth-order valence-electron chi connectivity index (χ4n) is 4.43. The fourth-order valence-corrected chi connectivity index (χ4v) is 4.43. The first kappa shape index (κ1) is 17.0. The highest BCUT2D eigenvalue weighted by Gasteiger charge is 2.42. The third-order valence-electron chi connectivity index (χ3n) is 6.17. The summed E-state index contributed by atoms with van der Waals surface area (Å²) >= 11 is 0. The molecule has 1 aliphatic carbocycles. The van der Waals surface area contributed by atoms with Gasteiger partial charge >= 0.3 is 0 Å². The smallest absolute Gasteiger partial charge is 0.289 e. The monoisotopic (exact) mass is 371 g/mol. The minimum atomic E-state index is -0.119. The number of aromatic nitrogens is 2. The fraction of sp³-hybridized carbons (Fsp3) is 0.650. The molecule has 2 aromatic rings. The van der Waals surface area contributed by atoms with Crippen LogP contribution in [0.5, 0.6) is 0 Å². The van der Waals surface area contributed by atoms with Crippen molar-refractivity contribution < 1.29 is 18.5 Å². The van der Waals surface area contributed by atoms with E-state index >= 15 is 0 Å². The summed E-state index contributed by atoms with van der Waals surface area (Å²) in [6.45, 7) is 2.19. The van der Waals surface area contributed by atoms with E-state index in [-0.39, 0.29) is 11.5 Å². The van der Waals surface area contributed by atoms with E-state index in [9.17, 15) is 4.79 Å². The molecule has 144 valence electrons. The van der Waals surface area contributed by atoms with Crippen molar-refractivity contribution in [2.75, 3.05) is 19.7 Å². The molecule has 7 heteroatoms. The number of carbonyl (C=O) groups is 1. The van der Waals surface area contributed by atoms with Crippen molar-refractivity contribution in [2.45, 2.75) is 56.5 Å². The molecule has 1 amide bonds. The maximum absolute atomic E-state index is 12.5. The van der Waals surface area contributed by atoms with Gasteiger partial charge < -0.3 is 18.6 Å². The molecule has 2 aliphatic heterocycles. The molecule has 0 bridgehead atoms. The molecule has 5 rings (SSSR count). The number of nitrogens with zero attached hydrogens (tertiary/aromatic N) is 3. The quantitative estimate of drug-likeness (QED) is 0.821. The molecular weight excluding hydrogens is 346 g/mol. The standard InChI is InChI=1S/C20H25N3O4/c24-19(16-2-1-10-25-16)23-8-6-20(7-9-23)13-14(5-11-26-20)12-17-21-18(27-22-17)15-3-4-15/h1-2,10,14-15H,3-9,11-13H2. The van der Waals surface area contributed by atoms with Crippen molar-refractivity contribution in [2.24, 2.45) is 5.92 Å². The molecule has 7 nitrogen and oxygen atoms in total. The first-order chi connectivity index (χ1) is 13.2. The predicted molar refractivity (Wildman–Crippen MR) is 95.2 cm³/mol. The molecule has 0 radical (unpaired) electrons. The Morgan fingerprint density at radius 2 is 2.11 bits per heavy atom. The predicted octanol–water partition coefficient (Wildman–Crippen LogP) is 3.18. The molecule has 3 fully saturated rings. The first-order valence-electron chi connectivity index (χ1n) is 10.00. The number of carbonyl (C=O) groups excluding carboxylic acids is 1. The molecule has 4 heterocycles. The van der Waals surface area contributed by atoms with E-state index in [0.29, 0.717) is 30.7 Å². The van der Waals surface area contributed by atoms with Gasteiger partial charge in [-0.05, 0) is 56.6 Å². The lowest BCUT2D eigenvalue weighted by Gasteiger charge is -2.46. The van der Waals surface area contributed by atoms with Gasteiger partial charge in [0.1, 0.15) is 0 Å². The molecular formula is C20H25N3O4. The second kappa shape index (κ2) is 6.78. The molecule has 2 saturated heterocycles. The topological polar surface area (TPSA) is 81.6 Å². The average Bonchev–Trinajstić information content (AvgIpc) is 3.18. The molecule has 1 saturated carbocycles. The Kier molecular flexibility index (Phi) is 4.27. The average molecular weight is 371 g/mol. The van der Waals surface area contributed by atoms with Crippen LogP contribution in [0.2, 0.25) is 0 Å². The summed E-state index contributed by atoms with van der Waals surface area (Å²) in [5.74, 6) is 3.05. The number of hydrogen-bond acceptors (Lipinski definition) is 6. The molecule has 2 aromatic heterocycles. The SMILES string of the molecule is O=C(c1ccco1)N1CCC2(CC1)CC(Cc1noc(C3CC3)n1)CCO2. The van der Waals surface area contributed by atoms with Crippen LogP contribution in [0.25, 0.3) is 0 Å². The zero-order valence-electron chi connectivity index (χ0n) is 15.4. The van der Waals surface area contributed by atoms with Crippen molar-refractivity contribution >= 4 is 5.91 Å². The van der Waals surface area contributed by atoms with Crippen LogP contribution in [0, 0.1) is 5.92 Å². The molecule has 0 aromatic carbocycles. The Hall–Kier alpha value is -2.15. The van der Waals surface area contributed by atoms with Crippen LogP contribution in [0.4, 0.5) is 0 Å². The van der Waals surface area contributed by atoms with Gasteiger partial charge in [0, 0.05) is 32.0 Å². The van der Waals surface area contributed by atoms with E-state index in [0.717, 1.165) is 50.4 Å². The van der Waals surface area contributed by atoms with Gasteiger partial charge in [-0.2, -0.15) is 4.98 Å². The van der Waals surface area contributed by atoms with Gasteiger partial charge in [0.15, 0.2) is 11.6 Å². The van der Waals surface area contributed by atoms with E-state index in [1.165, 1.54) is 12.8 Å². The molecule has 1 spiro atoms. The third-order valence-corrected chi connectivity index (χ3v) is 6.17. The lowest BCUT2D eigenvalue weighted by atomic mass is 9.78. The number of amides is 1. The number of hydrogen-bond donors (Lipinski definition) is 0. The van der Waals surface area contributed by atoms with Gasteiger partial charge in [-0.3, -0.25) is 4.79 Å². The van der Waals surface area contributed by atoms with E-state index in [2.05, 4.69) is 10.1 Å². The second-order valence-corrected chi connectivity index (χ2v) is 8.19. The van der Waals surface area contributed by atoms with Crippen molar-refractivity contribution in [3.05, 3.63) is 35.9 Å². The third kappa shape index (κ3) is 3.52. The van der Waals surface area contributed by atoms with Crippen LogP contribution >= 0.6 is 0 Å². The first-order valence-corrected chi connectivity index (χ1v) is 10.00. The van der Waals surface area contributed by atoms with Crippen LogP contribution in [0.15, 0.2) is 27.3 Å². The van der Waals surface area contributed by atoms with Crippen molar-refractivity contribution in [1.82, 2.24) is 15.0 Å². The van der Waals surface area contributed by atoms with Gasteiger partial charge in [0.05, 0.1) is 11.9 Å². The summed E-state index contributed by atoms with van der Waals surface area (Å²) in [6, 6.07) is 3.47. The Bertz CT molecular complexity index is 788. The summed E-state index contributed by atoms with van der Waals surface area (Å²) in [5, 5.41) is 4.18. The van der Waals surface area contributed by atoms with Gasteiger partial charge in [-0.15, -0.1) is 0 Å². The Balaban J connectivity index is 1.18. The second-order valence-electron chi connectivity index (χ2n) is 8.19. The van der Waals surface area contributed by atoms with Gasteiger partial charge in [0.2, 0.25) is 5.89 Å². The van der Waals surface area contributed by atoms with E-state index < -0.39 is 0 Å². The zero-order valence-corrected chi connectivity index (χ0v) is 15.4. The van der Waals surface area contributed by atoms with Gasteiger partial charge in [0.25, 0.3) is 5.91 Å². The van der Waals surface area contributed by atoms with Gasteiger partial charge in [-0.1, -0.05) is 5.16 Å². The molecule has 3 aliphatic rings. The number of ether oxygens (including phenoxy) is 1. The summed E-state index contributed by atoms with van der Waals surface area (Å²) in [4.78, 5) is 18.9. The summed E-state index contributed by atoms with van der Waals surface area (Å²) in [5.41, 5.74) is -0.119. The highest BCUT2D eigenvalue weighted by atomic mass is 16.5. The largest absolute Gasteiger partial charge is 0.459 e. The Morgan fingerprint density at radius 1 is 1.26 bits per heavy atom. The van der Waals surface area contributed by atoms with Crippen molar-refractivity contribution in [1.29, 1.82) is 0 Å². The number of likely N-dealkylation sites (tertiary alicyclic amines) is 1. The number of rotatable bonds is 4. The van der Waals surface area contributed by atoms with Gasteiger partial charge in [-0.25, -0.2) is 0 Å². The lowest BCUT2D eigenvalue weighted by Crippen LogP contribution is -2.51. The van der Waals surface area contributed by atoms with E-state index in [1.54, 1.807) is 18.4 Å². The maximum atomic E-state index is 12.5. The van der Waals surface area contributed by atoms with Crippen LogP contribution in [0.3, 0.4) is 0 Å². The minimum Gasteiger partial charge on any atom is -0.459 e. The molecule has 0 N–H and O–H groups in total. The molecule has 27 heavy (non-hydrogen) atoms. The van der Waals surface area contributed by atoms with Crippen LogP contribution in [0.1, 0.15) is 66.7 Å². The lowest BCUT2D eigenvalue weighted by molar-refractivity contribution is -0.123. The van der Waals surface area contributed by atoms with E-state index in [1.807, 2.05) is 4.90 Å². The zero-order chi connectivity index (χ0) is 18.3. The Labute approximate surface area is 158 Å². The van der Waals surface area contributed by atoms with Crippen LogP contribution < -0.4 is 0 Å². The number of piperidine rings is 1. The summed E-state index contributed by atoms with van der Waals surface area (Å²) in [6.07, 6.45) is 8.53. The number of furan rings is 1. The summed E-state index contributed by atoms with van der Waals surface area (Å²) in [7, 11) is 0. The van der Waals surface area contributed by atoms with E-state index in [4.69, 9.17) is 13.7 Å². The molecule has 1 atom stereocenters. The minimum absolute atomic E-state index is 0.0263. The summed E-state index contributed by atoms with van der Waals surface area (Å²) < 4.78 is 16.9. The molecule has 1 unspecified atom stereocenters. The normalized spacial score (nSPS) is 25.0. The van der Waals surface area contributed by atoms with Crippen LogP contribution in [-0.4, -0.2) is 46.2 Å². The highest BCUT2D eigenvalue weighted by molar-refractivity contribution is 5.91.